The number of fused-ring (bicyclic) bond motifs is 1. The number of pyridine rings is 1. The molecule has 4 rings (SSSR count). The summed E-state index contributed by atoms with van der Waals surface area (Å²) in [5, 5.41) is 3.03. The van der Waals surface area contributed by atoms with Crippen LogP contribution >= 0.6 is 0 Å². The van der Waals surface area contributed by atoms with Gasteiger partial charge < -0.3 is 19.7 Å². The fourth-order valence-electron chi connectivity index (χ4n) is 4.31. The van der Waals surface area contributed by atoms with Gasteiger partial charge in [0.1, 0.15) is 17.0 Å². The maximum Gasteiger partial charge on any atom is 0.229 e. The van der Waals surface area contributed by atoms with Crippen molar-refractivity contribution in [3.63, 3.8) is 0 Å². The molecule has 0 radical (unpaired) electrons. The van der Waals surface area contributed by atoms with Crippen LogP contribution in [0, 0.1) is 5.92 Å². The molecule has 2 aromatic heterocycles. The number of methoxy groups -OCH3 is 2. The predicted molar refractivity (Wildman–Crippen MR) is 129 cm³/mol. The standard InChI is InChI=1S/C25H31N5O3/c1-5-19-20(6-2)28-24-22(27-19)12-17(14-26-24)30-11-7-8-16(15-30)25(31)29-21-10-9-18(32-3)13-23(21)33-4/h9-10,12-14,16H,5-8,11,15H2,1-4H3,(H,29,31). The summed E-state index contributed by atoms with van der Waals surface area (Å²) in [6.45, 7) is 5.68. The minimum Gasteiger partial charge on any atom is -0.497 e. The van der Waals surface area contributed by atoms with Crippen molar-refractivity contribution in [1.82, 2.24) is 15.0 Å². The minimum atomic E-state index is -0.138. The average molecular weight is 450 g/mol. The van der Waals surface area contributed by atoms with Crippen LogP contribution < -0.4 is 19.7 Å². The van der Waals surface area contributed by atoms with Gasteiger partial charge in [-0.05, 0) is 43.9 Å². The van der Waals surface area contributed by atoms with E-state index in [4.69, 9.17) is 19.4 Å². The van der Waals surface area contributed by atoms with Crippen LogP contribution in [0.25, 0.3) is 11.2 Å². The van der Waals surface area contributed by atoms with Gasteiger partial charge in [0, 0.05) is 19.2 Å². The summed E-state index contributed by atoms with van der Waals surface area (Å²) in [5.41, 5.74) is 5.12. The highest BCUT2D eigenvalue weighted by molar-refractivity contribution is 5.94. The zero-order valence-electron chi connectivity index (χ0n) is 19.7. The average Bonchev–Trinajstić information content (AvgIpc) is 2.87. The first-order chi connectivity index (χ1) is 16.1. The molecule has 1 fully saturated rings. The normalized spacial score (nSPS) is 16.0. The van der Waals surface area contributed by atoms with Gasteiger partial charge >= 0.3 is 0 Å². The lowest BCUT2D eigenvalue weighted by atomic mass is 9.96. The number of nitrogens with one attached hydrogen (secondary N) is 1. The number of nitrogens with zero attached hydrogens (tertiary/aromatic N) is 4. The zero-order valence-corrected chi connectivity index (χ0v) is 19.7. The number of amides is 1. The van der Waals surface area contributed by atoms with Gasteiger partial charge in [0.2, 0.25) is 5.91 Å². The minimum absolute atomic E-state index is 0.0161. The van der Waals surface area contributed by atoms with Crippen LogP contribution in [0.15, 0.2) is 30.5 Å². The number of hydrogen-bond acceptors (Lipinski definition) is 7. The van der Waals surface area contributed by atoms with Crippen LogP contribution in [0.4, 0.5) is 11.4 Å². The van der Waals surface area contributed by atoms with E-state index in [1.807, 2.05) is 18.3 Å². The Hall–Kier alpha value is -3.42. The third-order valence-corrected chi connectivity index (χ3v) is 6.16. The Bertz CT molecular complexity index is 1150. The number of anilines is 2. The lowest BCUT2D eigenvalue weighted by Gasteiger charge is -2.33. The van der Waals surface area contributed by atoms with E-state index in [0.29, 0.717) is 29.4 Å². The van der Waals surface area contributed by atoms with E-state index in [1.54, 1.807) is 26.4 Å². The quantitative estimate of drug-likeness (QED) is 0.583. The van der Waals surface area contributed by atoms with E-state index in [-0.39, 0.29) is 11.8 Å². The molecule has 0 bridgehead atoms. The topological polar surface area (TPSA) is 89.5 Å². The van der Waals surface area contributed by atoms with E-state index >= 15 is 0 Å². The lowest BCUT2D eigenvalue weighted by Crippen LogP contribution is -2.40. The van der Waals surface area contributed by atoms with Crippen LogP contribution in [0.5, 0.6) is 11.5 Å². The Morgan fingerprint density at radius 1 is 1.12 bits per heavy atom. The Balaban J connectivity index is 1.51. The molecule has 1 aromatic carbocycles. The third-order valence-electron chi connectivity index (χ3n) is 6.16. The Labute approximate surface area is 194 Å². The van der Waals surface area contributed by atoms with E-state index < -0.39 is 0 Å². The number of aryl methyl sites for hydroxylation is 2. The monoisotopic (exact) mass is 449 g/mol. The smallest absolute Gasteiger partial charge is 0.229 e. The molecule has 3 aromatic rings. The molecule has 1 atom stereocenters. The first kappa shape index (κ1) is 22.8. The Morgan fingerprint density at radius 3 is 2.64 bits per heavy atom. The molecule has 1 unspecified atom stereocenters. The van der Waals surface area contributed by atoms with Crippen LogP contribution in [-0.2, 0) is 17.6 Å². The number of ether oxygens (including phenoxy) is 2. The second-order valence-corrected chi connectivity index (χ2v) is 8.20. The molecule has 8 heteroatoms. The molecule has 174 valence electrons. The summed E-state index contributed by atoms with van der Waals surface area (Å²) in [6, 6.07) is 7.42. The van der Waals surface area contributed by atoms with Crippen molar-refractivity contribution in [2.45, 2.75) is 39.5 Å². The third kappa shape index (κ3) is 4.84. The second kappa shape index (κ2) is 10.0. The fourth-order valence-corrected chi connectivity index (χ4v) is 4.31. The largest absolute Gasteiger partial charge is 0.497 e. The van der Waals surface area contributed by atoms with Gasteiger partial charge in [-0.1, -0.05) is 13.8 Å². The molecule has 8 nitrogen and oxygen atoms in total. The van der Waals surface area contributed by atoms with Crippen molar-refractivity contribution in [2.24, 2.45) is 5.92 Å². The number of carbonyl (C=O) groups excluding carboxylic acids is 1. The van der Waals surface area contributed by atoms with Crippen molar-refractivity contribution >= 4 is 28.4 Å². The van der Waals surface area contributed by atoms with Gasteiger partial charge in [-0.15, -0.1) is 0 Å². The van der Waals surface area contributed by atoms with Crippen LogP contribution in [0.3, 0.4) is 0 Å². The second-order valence-electron chi connectivity index (χ2n) is 8.20. The van der Waals surface area contributed by atoms with E-state index in [0.717, 1.165) is 54.8 Å². The zero-order chi connectivity index (χ0) is 23.4. The van der Waals surface area contributed by atoms with E-state index in [9.17, 15) is 4.79 Å². The molecule has 3 heterocycles. The van der Waals surface area contributed by atoms with Crippen molar-refractivity contribution in [1.29, 1.82) is 0 Å². The summed E-state index contributed by atoms with van der Waals surface area (Å²) in [4.78, 5) is 29.4. The summed E-state index contributed by atoms with van der Waals surface area (Å²) in [5.74, 6) is 1.10. The number of aromatic nitrogens is 3. The van der Waals surface area contributed by atoms with Crippen LogP contribution in [0.2, 0.25) is 0 Å². The summed E-state index contributed by atoms with van der Waals surface area (Å²) < 4.78 is 10.7. The maximum atomic E-state index is 13.1. The molecule has 1 aliphatic heterocycles. The van der Waals surface area contributed by atoms with E-state index in [1.165, 1.54) is 0 Å². The van der Waals surface area contributed by atoms with Gasteiger partial charge in [0.05, 0.1) is 49.1 Å². The highest BCUT2D eigenvalue weighted by Crippen LogP contribution is 2.31. The maximum absolute atomic E-state index is 13.1. The first-order valence-electron chi connectivity index (χ1n) is 11.5. The molecular formula is C25H31N5O3. The summed E-state index contributed by atoms with van der Waals surface area (Å²) in [6.07, 6.45) is 5.29. The van der Waals surface area contributed by atoms with Crippen molar-refractivity contribution in [2.75, 3.05) is 37.5 Å². The van der Waals surface area contributed by atoms with Gasteiger partial charge in [-0.25, -0.2) is 15.0 Å². The number of rotatable bonds is 7. The van der Waals surface area contributed by atoms with Crippen molar-refractivity contribution in [3.05, 3.63) is 41.9 Å². The number of benzene rings is 1. The molecule has 0 saturated carbocycles. The first-order valence-corrected chi connectivity index (χ1v) is 11.5. The highest BCUT2D eigenvalue weighted by Gasteiger charge is 2.27. The number of piperidine rings is 1. The Kier molecular flexibility index (Phi) is 6.91. The summed E-state index contributed by atoms with van der Waals surface area (Å²) in [7, 11) is 3.18. The van der Waals surface area contributed by atoms with Gasteiger partial charge in [0.15, 0.2) is 5.65 Å². The lowest BCUT2D eigenvalue weighted by molar-refractivity contribution is -0.120. The molecule has 0 spiro atoms. The molecule has 1 amide bonds. The van der Waals surface area contributed by atoms with Gasteiger partial charge in [-0.2, -0.15) is 0 Å². The predicted octanol–water partition coefficient (Wildman–Crippen LogP) is 4.02. The van der Waals surface area contributed by atoms with Crippen LogP contribution in [0.1, 0.15) is 38.1 Å². The van der Waals surface area contributed by atoms with E-state index in [2.05, 4.69) is 29.0 Å². The van der Waals surface area contributed by atoms with Crippen molar-refractivity contribution < 1.29 is 14.3 Å². The number of carbonyl (C=O) groups is 1. The van der Waals surface area contributed by atoms with Gasteiger partial charge in [-0.3, -0.25) is 4.79 Å². The molecule has 1 aliphatic rings. The SMILES string of the molecule is CCc1nc2cc(N3CCCC(C(=O)Nc4ccc(OC)cc4OC)C3)cnc2nc1CC. The van der Waals surface area contributed by atoms with Crippen molar-refractivity contribution in [3.8, 4) is 11.5 Å². The Morgan fingerprint density at radius 2 is 1.91 bits per heavy atom. The fraction of sp³-hybridized carbons (Fsp3) is 0.440. The van der Waals surface area contributed by atoms with Crippen LogP contribution in [-0.4, -0.2) is 48.2 Å². The molecule has 0 aliphatic carbocycles. The summed E-state index contributed by atoms with van der Waals surface area (Å²) >= 11 is 0. The molecule has 1 saturated heterocycles. The molecule has 33 heavy (non-hydrogen) atoms. The molecule has 1 N–H and O–H groups in total. The van der Waals surface area contributed by atoms with Gasteiger partial charge in [0.25, 0.3) is 0 Å². The molecular weight excluding hydrogens is 418 g/mol. The number of hydrogen-bond donors (Lipinski definition) is 1. The highest BCUT2D eigenvalue weighted by atomic mass is 16.5.